The summed E-state index contributed by atoms with van der Waals surface area (Å²) in [6, 6.07) is 15.9. The number of aliphatic hydroxyl groups is 3. The van der Waals surface area contributed by atoms with Crippen LogP contribution in [0.15, 0.2) is 54.7 Å². The van der Waals surface area contributed by atoms with Gasteiger partial charge < -0.3 is 20.6 Å². The predicted octanol–water partition coefficient (Wildman–Crippen LogP) is 2.23. The van der Waals surface area contributed by atoms with Crippen LogP contribution in [0.2, 0.25) is 0 Å². The number of rotatable bonds is 10. The van der Waals surface area contributed by atoms with E-state index in [2.05, 4.69) is 16.4 Å². The van der Waals surface area contributed by atoms with Crippen LogP contribution in [0, 0.1) is 0 Å². The van der Waals surface area contributed by atoms with Gasteiger partial charge in [0.25, 0.3) is 0 Å². The maximum absolute atomic E-state index is 12.4. The Balaban J connectivity index is 1.95. The fraction of sp³-hybridized carbons (Fsp3) is 0.333. The summed E-state index contributed by atoms with van der Waals surface area (Å²) >= 11 is 0. The number of nitrogens with one attached hydrogen (secondary N) is 1. The summed E-state index contributed by atoms with van der Waals surface area (Å²) in [6.45, 7) is 0.236. The van der Waals surface area contributed by atoms with Gasteiger partial charge in [-0.2, -0.15) is 0 Å². The van der Waals surface area contributed by atoms with E-state index in [-0.39, 0.29) is 25.5 Å². The molecule has 1 heterocycles. The molecule has 0 saturated heterocycles. The van der Waals surface area contributed by atoms with Crippen molar-refractivity contribution in [1.82, 2.24) is 10.3 Å². The molecule has 6 heteroatoms. The number of fused-ring (bicyclic) bond motifs is 1. The number of carbonyl (C=O) groups excluding carboxylic acids is 1. The molecule has 0 fully saturated rings. The van der Waals surface area contributed by atoms with E-state index in [0.717, 1.165) is 33.2 Å². The maximum Gasteiger partial charge on any atom is 0.224 e. The first-order valence-corrected chi connectivity index (χ1v) is 10.2. The number of amides is 1. The summed E-state index contributed by atoms with van der Waals surface area (Å²) in [5, 5.41) is 31.4. The standard InChI is InChI=1S/C24H28N2O4/c27-12-4-11-25-23(30)14-19-15-26-22-8-2-1-7-21(22)24(19)18-6-3-5-17(13-18)9-10-20(29)16-28/h1-3,5-8,13,15,20,27-29H,4,9-12,14,16H2,(H,25,30)/t20-/m1/s1. The van der Waals surface area contributed by atoms with E-state index in [1.807, 2.05) is 42.5 Å². The first-order valence-electron chi connectivity index (χ1n) is 10.2. The third-order valence-corrected chi connectivity index (χ3v) is 5.05. The molecule has 1 amide bonds. The van der Waals surface area contributed by atoms with E-state index in [1.165, 1.54) is 0 Å². The van der Waals surface area contributed by atoms with Gasteiger partial charge in [-0.1, -0.05) is 42.5 Å². The largest absolute Gasteiger partial charge is 0.396 e. The molecule has 30 heavy (non-hydrogen) atoms. The van der Waals surface area contributed by atoms with Crippen LogP contribution in [-0.4, -0.2) is 52.1 Å². The monoisotopic (exact) mass is 408 g/mol. The summed E-state index contributed by atoms with van der Waals surface area (Å²) in [5.41, 5.74) is 4.71. The highest BCUT2D eigenvalue weighted by Gasteiger charge is 2.15. The smallest absolute Gasteiger partial charge is 0.224 e. The van der Waals surface area contributed by atoms with Gasteiger partial charge in [0.1, 0.15) is 0 Å². The number of aryl methyl sites for hydroxylation is 1. The number of aromatic nitrogens is 1. The van der Waals surface area contributed by atoms with Gasteiger partial charge in [-0.25, -0.2) is 0 Å². The van der Waals surface area contributed by atoms with Crippen LogP contribution in [0.3, 0.4) is 0 Å². The predicted molar refractivity (Wildman–Crippen MR) is 117 cm³/mol. The third kappa shape index (κ3) is 5.63. The zero-order valence-electron chi connectivity index (χ0n) is 16.9. The van der Waals surface area contributed by atoms with Crippen LogP contribution in [-0.2, 0) is 17.6 Å². The van der Waals surface area contributed by atoms with Crippen LogP contribution < -0.4 is 5.32 Å². The summed E-state index contributed by atoms with van der Waals surface area (Å²) in [5.74, 6) is -0.107. The molecule has 1 atom stereocenters. The van der Waals surface area contributed by atoms with Crippen molar-refractivity contribution >= 4 is 16.8 Å². The topological polar surface area (TPSA) is 103 Å². The Bertz CT molecular complexity index is 990. The van der Waals surface area contributed by atoms with Crippen molar-refractivity contribution in [1.29, 1.82) is 0 Å². The molecular formula is C24H28N2O4. The van der Waals surface area contributed by atoms with Gasteiger partial charge in [-0.3, -0.25) is 9.78 Å². The van der Waals surface area contributed by atoms with Crippen molar-refractivity contribution in [2.24, 2.45) is 0 Å². The number of hydrogen-bond acceptors (Lipinski definition) is 5. The van der Waals surface area contributed by atoms with Crippen molar-refractivity contribution in [3.05, 3.63) is 65.9 Å². The van der Waals surface area contributed by atoms with Crippen LogP contribution in [0.4, 0.5) is 0 Å². The Morgan fingerprint density at radius 1 is 1.10 bits per heavy atom. The number of nitrogens with zero attached hydrogens (tertiary/aromatic N) is 1. The van der Waals surface area contributed by atoms with Crippen molar-refractivity contribution < 1.29 is 20.1 Å². The van der Waals surface area contributed by atoms with Crippen LogP contribution in [0.25, 0.3) is 22.0 Å². The normalized spacial score (nSPS) is 12.1. The molecule has 0 radical (unpaired) electrons. The Labute approximate surface area is 176 Å². The number of hydrogen-bond donors (Lipinski definition) is 4. The second-order valence-corrected chi connectivity index (χ2v) is 7.35. The third-order valence-electron chi connectivity index (χ3n) is 5.05. The molecule has 3 aromatic rings. The zero-order chi connectivity index (χ0) is 21.3. The van der Waals surface area contributed by atoms with Gasteiger partial charge >= 0.3 is 0 Å². The molecule has 0 unspecified atom stereocenters. The number of aliphatic hydroxyl groups excluding tert-OH is 3. The minimum absolute atomic E-state index is 0.0425. The van der Waals surface area contributed by atoms with E-state index in [9.17, 15) is 9.90 Å². The summed E-state index contributed by atoms with van der Waals surface area (Å²) in [6.07, 6.45) is 2.88. The van der Waals surface area contributed by atoms with Gasteiger partial charge in [0.15, 0.2) is 0 Å². The van der Waals surface area contributed by atoms with Gasteiger partial charge in [-0.05, 0) is 47.6 Å². The minimum Gasteiger partial charge on any atom is -0.396 e. The Hall–Kier alpha value is -2.80. The quantitative estimate of drug-likeness (QED) is 0.385. The van der Waals surface area contributed by atoms with Crippen molar-refractivity contribution in [2.75, 3.05) is 19.8 Å². The molecule has 0 saturated carbocycles. The molecule has 3 rings (SSSR count). The molecular weight excluding hydrogens is 380 g/mol. The SMILES string of the molecule is O=C(Cc1cnc2ccccc2c1-c1cccc(CC[C@@H](O)CO)c1)NCCCO. The second-order valence-electron chi connectivity index (χ2n) is 7.35. The van der Waals surface area contributed by atoms with Crippen LogP contribution >= 0.6 is 0 Å². The molecule has 2 aromatic carbocycles. The highest BCUT2D eigenvalue weighted by Crippen LogP contribution is 2.32. The molecule has 158 valence electrons. The fourth-order valence-corrected chi connectivity index (χ4v) is 3.51. The molecule has 0 aliphatic carbocycles. The van der Waals surface area contributed by atoms with E-state index in [0.29, 0.717) is 25.8 Å². The van der Waals surface area contributed by atoms with Crippen LogP contribution in [0.5, 0.6) is 0 Å². The molecule has 1 aromatic heterocycles. The summed E-state index contributed by atoms with van der Waals surface area (Å²) in [4.78, 5) is 16.9. The zero-order valence-corrected chi connectivity index (χ0v) is 16.9. The van der Waals surface area contributed by atoms with Gasteiger partial charge in [0.2, 0.25) is 5.91 Å². The van der Waals surface area contributed by atoms with Gasteiger partial charge in [0.05, 0.1) is 24.6 Å². The average Bonchev–Trinajstić information content (AvgIpc) is 2.77. The first-order chi connectivity index (χ1) is 14.6. The highest BCUT2D eigenvalue weighted by molar-refractivity contribution is 5.97. The lowest BCUT2D eigenvalue weighted by Gasteiger charge is -2.15. The molecule has 0 aliphatic heterocycles. The second kappa shape index (κ2) is 10.8. The Kier molecular flexibility index (Phi) is 7.90. The number of para-hydroxylation sites is 1. The summed E-state index contributed by atoms with van der Waals surface area (Å²) in [7, 11) is 0. The van der Waals surface area contributed by atoms with Crippen molar-refractivity contribution in [2.45, 2.75) is 31.8 Å². The minimum atomic E-state index is -0.728. The Morgan fingerprint density at radius 2 is 1.93 bits per heavy atom. The van der Waals surface area contributed by atoms with Crippen LogP contribution in [0.1, 0.15) is 24.0 Å². The molecule has 0 spiro atoms. The molecule has 0 bridgehead atoms. The van der Waals surface area contributed by atoms with E-state index in [1.54, 1.807) is 6.20 Å². The number of pyridine rings is 1. The van der Waals surface area contributed by atoms with E-state index >= 15 is 0 Å². The molecule has 6 nitrogen and oxygen atoms in total. The van der Waals surface area contributed by atoms with Crippen molar-refractivity contribution in [3.8, 4) is 11.1 Å². The van der Waals surface area contributed by atoms with E-state index in [4.69, 9.17) is 10.2 Å². The summed E-state index contributed by atoms with van der Waals surface area (Å²) < 4.78 is 0. The maximum atomic E-state index is 12.4. The lowest BCUT2D eigenvalue weighted by atomic mass is 9.93. The average molecular weight is 408 g/mol. The lowest BCUT2D eigenvalue weighted by molar-refractivity contribution is -0.120. The van der Waals surface area contributed by atoms with Gasteiger partial charge in [-0.15, -0.1) is 0 Å². The Morgan fingerprint density at radius 3 is 2.73 bits per heavy atom. The molecule has 0 aliphatic rings. The van der Waals surface area contributed by atoms with Crippen molar-refractivity contribution in [3.63, 3.8) is 0 Å². The van der Waals surface area contributed by atoms with Gasteiger partial charge in [0, 0.05) is 24.7 Å². The number of benzene rings is 2. The lowest BCUT2D eigenvalue weighted by Crippen LogP contribution is -2.26. The first kappa shape index (κ1) is 21.9. The highest BCUT2D eigenvalue weighted by atomic mass is 16.3. The van der Waals surface area contributed by atoms with E-state index < -0.39 is 6.10 Å². The molecule has 4 N–H and O–H groups in total. The number of carbonyl (C=O) groups is 1. The fourth-order valence-electron chi connectivity index (χ4n) is 3.51.